The lowest BCUT2D eigenvalue weighted by Crippen LogP contribution is -2.05. The predicted octanol–water partition coefficient (Wildman–Crippen LogP) is 1.95. The number of benzene rings is 1. The van der Waals surface area contributed by atoms with Crippen LogP contribution in [0.25, 0.3) is 11.0 Å². The van der Waals surface area contributed by atoms with Crippen molar-refractivity contribution < 1.29 is 13.9 Å². The molecule has 0 spiro atoms. The molecule has 2 rings (SSSR count). The quantitative estimate of drug-likeness (QED) is 0.652. The summed E-state index contributed by atoms with van der Waals surface area (Å²) in [5.41, 5.74) is -0.720. The monoisotopic (exact) mass is 194 g/mol. The van der Waals surface area contributed by atoms with Gasteiger partial charge in [0.15, 0.2) is 0 Å². The summed E-state index contributed by atoms with van der Waals surface area (Å²) < 4.78 is 18.2. The van der Waals surface area contributed by atoms with E-state index in [2.05, 4.69) is 0 Å². The van der Waals surface area contributed by atoms with Crippen molar-refractivity contribution in [1.82, 2.24) is 0 Å². The van der Waals surface area contributed by atoms with Crippen LogP contribution in [0.2, 0.25) is 0 Å². The second-order valence-electron chi connectivity index (χ2n) is 3.01. The Labute approximate surface area is 78.4 Å². The Bertz CT molecular complexity index is 557. The highest BCUT2D eigenvalue weighted by Crippen LogP contribution is 2.22. The number of fused-ring (bicyclic) bond motifs is 1. The Morgan fingerprint density at radius 3 is 2.86 bits per heavy atom. The number of halogens is 1. The Kier molecular flexibility index (Phi) is 1.77. The first-order chi connectivity index (χ1) is 6.59. The summed E-state index contributed by atoms with van der Waals surface area (Å²) in [5, 5.41) is 9.29. The molecule has 1 aromatic carbocycles. The van der Waals surface area contributed by atoms with Gasteiger partial charge < -0.3 is 9.52 Å². The van der Waals surface area contributed by atoms with E-state index in [4.69, 9.17) is 9.52 Å². The Balaban J connectivity index is 2.98. The summed E-state index contributed by atoms with van der Waals surface area (Å²) >= 11 is 0. The van der Waals surface area contributed by atoms with Crippen molar-refractivity contribution in [3.05, 3.63) is 40.0 Å². The second kappa shape index (κ2) is 2.83. The van der Waals surface area contributed by atoms with E-state index in [0.29, 0.717) is 0 Å². The highest BCUT2D eigenvalue weighted by Gasteiger charge is 2.10. The van der Waals surface area contributed by atoms with E-state index in [1.54, 1.807) is 0 Å². The molecule has 1 aromatic heterocycles. The highest BCUT2D eigenvalue weighted by atomic mass is 19.1. The van der Waals surface area contributed by atoms with Crippen LogP contribution in [-0.4, -0.2) is 5.11 Å². The molecule has 0 aliphatic carbocycles. The fourth-order valence-electron chi connectivity index (χ4n) is 1.24. The third-order valence-corrected chi connectivity index (χ3v) is 2.04. The zero-order valence-corrected chi connectivity index (χ0v) is 7.37. The lowest BCUT2D eigenvalue weighted by atomic mass is 10.2. The first kappa shape index (κ1) is 8.74. The van der Waals surface area contributed by atoms with Gasteiger partial charge in [0.1, 0.15) is 17.1 Å². The van der Waals surface area contributed by atoms with Gasteiger partial charge in [0, 0.05) is 6.07 Å². The molecule has 0 radical (unpaired) electrons. The molecule has 0 atom stereocenters. The van der Waals surface area contributed by atoms with E-state index in [1.807, 2.05) is 0 Å². The standard InChI is InChI=1S/C10H7FO3/c1-5-9(11)7-3-2-6(12)4-8(7)14-10(5)13/h2-4,12H,1H3. The van der Waals surface area contributed by atoms with Gasteiger partial charge in [-0.25, -0.2) is 9.18 Å². The highest BCUT2D eigenvalue weighted by molar-refractivity contribution is 5.79. The summed E-state index contributed by atoms with van der Waals surface area (Å²) in [6, 6.07) is 3.92. The smallest absolute Gasteiger partial charge is 0.342 e. The molecule has 0 aliphatic rings. The summed E-state index contributed by atoms with van der Waals surface area (Å²) in [4.78, 5) is 11.1. The van der Waals surface area contributed by atoms with Crippen LogP contribution in [0.3, 0.4) is 0 Å². The molecular weight excluding hydrogens is 187 g/mol. The molecular formula is C10H7FO3. The second-order valence-corrected chi connectivity index (χ2v) is 3.01. The molecule has 0 saturated carbocycles. The fourth-order valence-corrected chi connectivity index (χ4v) is 1.24. The van der Waals surface area contributed by atoms with Gasteiger partial charge in [0.2, 0.25) is 0 Å². The van der Waals surface area contributed by atoms with Crippen LogP contribution < -0.4 is 5.63 Å². The zero-order valence-electron chi connectivity index (χ0n) is 7.37. The van der Waals surface area contributed by atoms with Gasteiger partial charge in [-0.3, -0.25) is 0 Å². The van der Waals surface area contributed by atoms with Crippen molar-refractivity contribution in [3.8, 4) is 5.75 Å². The number of phenolic OH excluding ortho intramolecular Hbond substituents is 1. The predicted molar refractivity (Wildman–Crippen MR) is 48.8 cm³/mol. The van der Waals surface area contributed by atoms with E-state index in [-0.39, 0.29) is 22.3 Å². The molecule has 3 nitrogen and oxygen atoms in total. The molecule has 0 aliphatic heterocycles. The number of hydrogen-bond donors (Lipinski definition) is 1. The molecule has 14 heavy (non-hydrogen) atoms. The van der Waals surface area contributed by atoms with E-state index in [9.17, 15) is 9.18 Å². The summed E-state index contributed by atoms with van der Waals surface area (Å²) in [6.07, 6.45) is 0. The Morgan fingerprint density at radius 1 is 1.43 bits per heavy atom. The van der Waals surface area contributed by atoms with Crippen molar-refractivity contribution >= 4 is 11.0 Å². The fraction of sp³-hybridized carbons (Fsp3) is 0.100. The molecule has 0 saturated heterocycles. The molecule has 0 amide bonds. The van der Waals surface area contributed by atoms with Crippen molar-refractivity contribution in [2.24, 2.45) is 0 Å². The van der Waals surface area contributed by atoms with E-state index >= 15 is 0 Å². The lowest BCUT2D eigenvalue weighted by Gasteiger charge is -2.00. The van der Waals surface area contributed by atoms with Gasteiger partial charge in [-0.1, -0.05) is 0 Å². The molecule has 1 N–H and O–H groups in total. The van der Waals surface area contributed by atoms with Crippen molar-refractivity contribution in [2.75, 3.05) is 0 Å². The van der Waals surface area contributed by atoms with Gasteiger partial charge in [0.25, 0.3) is 0 Å². The molecule has 1 heterocycles. The minimum Gasteiger partial charge on any atom is -0.508 e. The third-order valence-electron chi connectivity index (χ3n) is 2.04. The molecule has 72 valence electrons. The summed E-state index contributed by atoms with van der Waals surface area (Å²) in [5.74, 6) is -0.667. The number of rotatable bonds is 0. The van der Waals surface area contributed by atoms with E-state index in [0.717, 1.165) is 0 Å². The van der Waals surface area contributed by atoms with Crippen molar-refractivity contribution in [3.63, 3.8) is 0 Å². The first-order valence-corrected chi connectivity index (χ1v) is 4.01. The van der Waals surface area contributed by atoms with E-state index < -0.39 is 11.4 Å². The van der Waals surface area contributed by atoms with Gasteiger partial charge >= 0.3 is 5.63 Å². The number of aromatic hydroxyl groups is 1. The Morgan fingerprint density at radius 2 is 2.14 bits per heavy atom. The maximum atomic E-state index is 13.4. The van der Waals surface area contributed by atoms with Crippen LogP contribution in [-0.2, 0) is 0 Å². The van der Waals surface area contributed by atoms with E-state index in [1.165, 1.54) is 25.1 Å². The first-order valence-electron chi connectivity index (χ1n) is 4.01. The van der Waals surface area contributed by atoms with Crippen LogP contribution in [0.4, 0.5) is 4.39 Å². The third kappa shape index (κ3) is 1.16. The zero-order chi connectivity index (χ0) is 10.3. The molecule has 0 fully saturated rings. The normalized spacial score (nSPS) is 10.7. The maximum Gasteiger partial charge on any atom is 0.342 e. The molecule has 2 aromatic rings. The lowest BCUT2D eigenvalue weighted by molar-refractivity contribution is 0.471. The van der Waals surface area contributed by atoms with Gasteiger partial charge in [-0.05, 0) is 19.1 Å². The summed E-state index contributed by atoms with van der Waals surface area (Å²) in [6.45, 7) is 1.35. The van der Waals surface area contributed by atoms with Crippen LogP contribution in [0, 0.1) is 12.7 Å². The average molecular weight is 194 g/mol. The van der Waals surface area contributed by atoms with Crippen molar-refractivity contribution in [1.29, 1.82) is 0 Å². The Hall–Kier alpha value is -1.84. The largest absolute Gasteiger partial charge is 0.508 e. The number of hydrogen-bond acceptors (Lipinski definition) is 3. The van der Waals surface area contributed by atoms with Gasteiger partial charge in [0.05, 0.1) is 10.9 Å². The minimum atomic E-state index is -0.722. The molecule has 0 unspecified atom stereocenters. The average Bonchev–Trinajstić information content (AvgIpc) is 2.14. The topological polar surface area (TPSA) is 50.4 Å². The van der Waals surface area contributed by atoms with Gasteiger partial charge in [-0.15, -0.1) is 0 Å². The van der Waals surface area contributed by atoms with Crippen molar-refractivity contribution in [2.45, 2.75) is 6.92 Å². The maximum absolute atomic E-state index is 13.4. The summed E-state index contributed by atoms with van der Waals surface area (Å²) in [7, 11) is 0. The van der Waals surface area contributed by atoms with Crippen LogP contribution in [0.1, 0.15) is 5.56 Å². The number of phenols is 1. The van der Waals surface area contributed by atoms with Crippen LogP contribution >= 0.6 is 0 Å². The SMILES string of the molecule is Cc1c(F)c2ccc(O)cc2oc1=O. The van der Waals surface area contributed by atoms with Gasteiger partial charge in [-0.2, -0.15) is 0 Å². The van der Waals surface area contributed by atoms with Crippen LogP contribution in [0.15, 0.2) is 27.4 Å². The van der Waals surface area contributed by atoms with Crippen LogP contribution in [0.5, 0.6) is 5.75 Å². The molecule has 4 heteroatoms. The minimum absolute atomic E-state index is 0.0526. The molecule has 0 bridgehead atoms.